The average molecular weight is 212 g/mol. The molecule has 2 aromatic rings. The van der Waals surface area contributed by atoms with E-state index in [4.69, 9.17) is 10.00 Å². The Morgan fingerprint density at radius 1 is 1.44 bits per heavy atom. The number of methoxy groups -OCH3 is 1. The molecule has 0 bridgehead atoms. The molecular formula is C13H12N2O. The summed E-state index contributed by atoms with van der Waals surface area (Å²) >= 11 is 0. The number of hydrogen-bond donors (Lipinski definition) is 1. The maximum Gasteiger partial charge on any atom is 0.149 e. The fraction of sp³-hybridized carbons (Fsp3) is 0.308. The quantitative estimate of drug-likeness (QED) is 0.832. The predicted octanol–water partition coefficient (Wildman–Crippen LogP) is 2.93. The molecule has 1 aromatic carbocycles. The molecule has 0 unspecified atom stereocenters. The lowest BCUT2D eigenvalue weighted by atomic mass is 10.1. The number of ether oxygens (including phenoxy) is 1. The van der Waals surface area contributed by atoms with Gasteiger partial charge in [-0.2, -0.15) is 5.26 Å². The highest BCUT2D eigenvalue weighted by Gasteiger charge is 2.30. The van der Waals surface area contributed by atoms with Crippen molar-refractivity contribution in [1.29, 1.82) is 5.26 Å². The first-order valence-electron chi connectivity index (χ1n) is 5.44. The Morgan fingerprint density at radius 3 is 2.88 bits per heavy atom. The number of nitrogens with zero attached hydrogens (tertiary/aromatic N) is 1. The van der Waals surface area contributed by atoms with E-state index >= 15 is 0 Å². The Hall–Kier alpha value is -1.95. The van der Waals surface area contributed by atoms with Gasteiger partial charge in [0.2, 0.25) is 0 Å². The second-order valence-electron chi connectivity index (χ2n) is 4.19. The van der Waals surface area contributed by atoms with Crippen molar-refractivity contribution in [3.63, 3.8) is 0 Å². The van der Waals surface area contributed by atoms with Gasteiger partial charge in [-0.3, -0.25) is 0 Å². The lowest BCUT2D eigenvalue weighted by molar-refractivity contribution is 0.414. The molecule has 1 fully saturated rings. The van der Waals surface area contributed by atoms with E-state index in [0.717, 1.165) is 22.3 Å². The lowest BCUT2D eigenvalue weighted by Crippen LogP contribution is -1.87. The second-order valence-corrected chi connectivity index (χ2v) is 4.19. The zero-order chi connectivity index (χ0) is 11.1. The maximum atomic E-state index is 9.10. The van der Waals surface area contributed by atoms with E-state index in [0.29, 0.717) is 11.5 Å². The van der Waals surface area contributed by atoms with Crippen molar-refractivity contribution in [2.24, 2.45) is 0 Å². The van der Waals surface area contributed by atoms with Gasteiger partial charge in [-0.25, -0.2) is 0 Å². The van der Waals surface area contributed by atoms with Gasteiger partial charge in [0.25, 0.3) is 0 Å². The van der Waals surface area contributed by atoms with E-state index in [-0.39, 0.29) is 0 Å². The summed E-state index contributed by atoms with van der Waals surface area (Å²) in [5.41, 5.74) is 2.83. The van der Waals surface area contributed by atoms with Crippen LogP contribution in [0.15, 0.2) is 18.2 Å². The minimum atomic E-state index is 0.592. The smallest absolute Gasteiger partial charge is 0.149 e. The number of nitriles is 1. The Labute approximate surface area is 93.6 Å². The molecule has 0 atom stereocenters. The highest BCUT2D eigenvalue weighted by Crippen LogP contribution is 2.47. The molecule has 1 aliphatic rings. The van der Waals surface area contributed by atoms with Crippen LogP contribution < -0.4 is 4.74 Å². The number of aromatic amines is 1. The molecule has 0 saturated heterocycles. The molecule has 0 amide bonds. The van der Waals surface area contributed by atoms with Crippen molar-refractivity contribution < 1.29 is 4.74 Å². The maximum absolute atomic E-state index is 9.10. The van der Waals surface area contributed by atoms with Crippen LogP contribution in [0, 0.1) is 11.3 Å². The largest absolute Gasteiger partial charge is 0.494 e. The molecule has 0 aliphatic heterocycles. The first-order valence-corrected chi connectivity index (χ1v) is 5.44. The monoisotopic (exact) mass is 212 g/mol. The van der Waals surface area contributed by atoms with Gasteiger partial charge in [-0.15, -0.1) is 0 Å². The molecule has 80 valence electrons. The third kappa shape index (κ3) is 1.20. The molecule has 1 aromatic heterocycles. The van der Waals surface area contributed by atoms with Gasteiger partial charge in [-0.05, 0) is 25.0 Å². The molecule has 3 nitrogen and oxygen atoms in total. The van der Waals surface area contributed by atoms with Gasteiger partial charge in [0.1, 0.15) is 5.75 Å². The first kappa shape index (κ1) is 9.29. The fourth-order valence-corrected chi connectivity index (χ4v) is 2.20. The normalized spacial score (nSPS) is 15.0. The molecule has 1 saturated carbocycles. The van der Waals surface area contributed by atoms with E-state index in [2.05, 4.69) is 11.1 Å². The van der Waals surface area contributed by atoms with Crippen LogP contribution in [0.1, 0.15) is 30.0 Å². The molecule has 0 spiro atoms. The zero-order valence-corrected chi connectivity index (χ0v) is 9.08. The van der Waals surface area contributed by atoms with Crippen molar-refractivity contribution in [2.75, 3.05) is 7.11 Å². The predicted molar refractivity (Wildman–Crippen MR) is 61.5 cm³/mol. The summed E-state index contributed by atoms with van der Waals surface area (Å²) in [6.45, 7) is 0. The van der Waals surface area contributed by atoms with Crippen LogP contribution in [0.5, 0.6) is 5.75 Å². The van der Waals surface area contributed by atoms with Crippen molar-refractivity contribution in [3.8, 4) is 11.8 Å². The van der Waals surface area contributed by atoms with Crippen LogP contribution in [0.3, 0.4) is 0 Å². The van der Waals surface area contributed by atoms with Gasteiger partial charge < -0.3 is 9.72 Å². The van der Waals surface area contributed by atoms with Crippen molar-refractivity contribution in [3.05, 3.63) is 29.5 Å². The number of rotatable bonds is 2. The second kappa shape index (κ2) is 3.28. The fourth-order valence-electron chi connectivity index (χ4n) is 2.20. The van der Waals surface area contributed by atoms with Gasteiger partial charge in [0.05, 0.1) is 35.3 Å². The third-order valence-corrected chi connectivity index (χ3v) is 3.12. The SMILES string of the molecule is COc1c(C2CC2)[nH]c2cccc(C#N)c12. The minimum Gasteiger partial charge on any atom is -0.494 e. The standard InChI is InChI=1S/C13H12N2O/c1-16-13-11-9(7-14)3-2-4-10(11)15-12(13)8-5-6-8/h2-4,8,15H,5-6H2,1H3. The summed E-state index contributed by atoms with van der Waals surface area (Å²) in [6, 6.07) is 7.93. The molecule has 1 N–H and O–H groups in total. The summed E-state index contributed by atoms with van der Waals surface area (Å²) < 4.78 is 5.46. The van der Waals surface area contributed by atoms with Gasteiger partial charge in [0.15, 0.2) is 0 Å². The molecule has 1 aliphatic carbocycles. The number of benzene rings is 1. The Kier molecular flexibility index (Phi) is 1.90. The number of nitrogens with one attached hydrogen (secondary N) is 1. The summed E-state index contributed by atoms with van der Waals surface area (Å²) in [6.07, 6.45) is 2.43. The highest BCUT2D eigenvalue weighted by atomic mass is 16.5. The van der Waals surface area contributed by atoms with E-state index in [1.54, 1.807) is 7.11 Å². The third-order valence-electron chi connectivity index (χ3n) is 3.12. The minimum absolute atomic E-state index is 0.592. The van der Waals surface area contributed by atoms with E-state index < -0.39 is 0 Å². The molecule has 0 radical (unpaired) electrons. The number of H-pyrrole nitrogens is 1. The summed E-state index contributed by atoms with van der Waals surface area (Å²) in [7, 11) is 1.67. The van der Waals surface area contributed by atoms with Crippen LogP contribution in [0.25, 0.3) is 10.9 Å². The van der Waals surface area contributed by atoms with E-state index in [1.165, 1.54) is 12.8 Å². The Bertz CT molecular complexity index is 588. The zero-order valence-electron chi connectivity index (χ0n) is 9.08. The lowest BCUT2D eigenvalue weighted by Gasteiger charge is -2.01. The first-order chi connectivity index (χ1) is 7.85. The van der Waals surface area contributed by atoms with Crippen molar-refractivity contribution >= 4 is 10.9 Å². The average Bonchev–Trinajstić information content (AvgIpc) is 3.09. The van der Waals surface area contributed by atoms with Crippen LogP contribution >= 0.6 is 0 Å². The summed E-state index contributed by atoms with van der Waals surface area (Å²) in [4.78, 5) is 3.38. The molecule has 16 heavy (non-hydrogen) atoms. The van der Waals surface area contributed by atoms with Crippen molar-refractivity contribution in [1.82, 2.24) is 4.98 Å². The van der Waals surface area contributed by atoms with Crippen LogP contribution in [-0.2, 0) is 0 Å². The topological polar surface area (TPSA) is 48.8 Å². The number of fused-ring (bicyclic) bond motifs is 1. The molecule has 1 heterocycles. The van der Waals surface area contributed by atoms with Crippen LogP contribution in [0.2, 0.25) is 0 Å². The molecule has 3 rings (SSSR count). The van der Waals surface area contributed by atoms with Crippen LogP contribution in [-0.4, -0.2) is 12.1 Å². The number of hydrogen-bond acceptors (Lipinski definition) is 2. The van der Waals surface area contributed by atoms with Crippen LogP contribution in [0.4, 0.5) is 0 Å². The summed E-state index contributed by atoms with van der Waals surface area (Å²) in [5.74, 6) is 1.45. The Balaban J connectivity index is 2.35. The van der Waals surface area contributed by atoms with E-state index in [1.807, 2.05) is 18.2 Å². The van der Waals surface area contributed by atoms with Crippen molar-refractivity contribution in [2.45, 2.75) is 18.8 Å². The van der Waals surface area contributed by atoms with Gasteiger partial charge >= 0.3 is 0 Å². The Morgan fingerprint density at radius 2 is 2.25 bits per heavy atom. The van der Waals surface area contributed by atoms with E-state index in [9.17, 15) is 0 Å². The molecular weight excluding hydrogens is 200 g/mol. The van der Waals surface area contributed by atoms with Gasteiger partial charge in [0, 0.05) is 5.92 Å². The van der Waals surface area contributed by atoms with Gasteiger partial charge in [-0.1, -0.05) is 6.07 Å². The summed E-state index contributed by atoms with van der Waals surface area (Å²) in [5, 5.41) is 10.0. The number of aromatic nitrogens is 1. The molecule has 3 heteroatoms. The highest BCUT2D eigenvalue weighted by molar-refractivity contribution is 5.93.